The molecule has 0 radical (unpaired) electrons. The Kier molecular flexibility index (Phi) is 4.67. The van der Waals surface area contributed by atoms with Crippen LogP contribution in [0.1, 0.15) is 51.3 Å². The van der Waals surface area contributed by atoms with E-state index < -0.39 is 0 Å². The fourth-order valence-electron chi connectivity index (χ4n) is 2.08. The van der Waals surface area contributed by atoms with Gasteiger partial charge in [0, 0.05) is 12.2 Å². The second-order valence-corrected chi connectivity index (χ2v) is 7.46. The lowest BCUT2D eigenvalue weighted by atomic mass is 9.84. The van der Waals surface area contributed by atoms with Gasteiger partial charge in [0.15, 0.2) is 0 Å². The van der Waals surface area contributed by atoms with Crippen molar-refractivity contribution in [2.75, 3.05) is 18.4 Å². The number of nitrogens with one attached hydrogen (secondary N) is 1. The van der Waals surface area contributed by atoms with Crippen LogP contribution < -0.4 is 11.1 Å². The van der Waals surface area contributed by atoms with Gasteiger partial charge in [-0.3, -0.25) is 0 Å². The van der Waals surface area contributed by atoms with Gasteiger partial charge in [0.2, 0.25) is 0 Å². The van der Waals surface area contributed by atoms with Gasteiger partial charge in [0.25, 0.3) is 0 Å². The van der Waals surface area contributed by atoms with E-state index in [0.717, 1.165) is 6.54 Å². The maximum absolute atomic E-state index is 5.79. The highest BCUT2D eigenvalue weighted by Gasteiger charge is 2.18. The van der Waals surface area contributed by atoms with E-state index in [1.165, 1.54) is 22.4 Å². The molecule has 0 amide bonds. The Bertz CT molecular complexity index is 416. The SMILES string of the molecule is Cc1cc(C(C)(C)C)cc(C)c1NCC(C)(C)CN. The minimum absolute atomic E-state index is 0.127. The van der Waals surface area contributed by atoms with Crippen molar-refractivity contribution in [1.29, 1.82) is 0 Å². The van der Waals surface area contributed by atoms with Crippen molar-refractivity contribution in [3.63, 3.8) is 0 Å². The Labute approximate surface area is 118 Å². The Morgan fingerprint density at radius 1 is 1.00 bits per heavy atom. The van der Waals surface area contributed by atoms with Gasteiger partial charge in [-0.2, -0.15) is 0 Å². The van der Waals surface area contributed by atoms with Crippen LogP contribution in [0.15, 0.2) is 12.1 Å². The predicted molar refractivity (Wildman–Crippen MR) is 85.9 cm³/mol. The van der Waals surface area contributed by atoms with Crippen molar-refractivity contribution in [2.24, 2.45) is 11.1 Å². The fraction of sp³-hybridized carbons (Fsp3) is 0.647. The van der Waals surface area contributed by atoms with Crippen molar-refractivity contribution < 1.29 is 0 Å². The van der Waals surface area contributed by atoms with Crippen molar-refractivity contribution in [3.05, 3.63) is 28.8 Å². The summed E-state index contributed by atoms with van der Waals surface area (Å²) in [6, 6.07) is 4.59. The fourth-order valence-corrected chi connectivity index (χ4v) is 2.08. The van der Waals surface area contributed by atoms with E-state index in [0.29, 0.717) is 6.54 Å². The van der Waals surface area contributed by atoms with Crippen molar-refractivity contribution in [3.8, 4) is 0 Å². The molecule has 0 aliphatic rings. The number of benzene rings is 1. The van der Waals surface area contributed by atoms with Gasteiger partial charge < -0.3 is 11.1 Å². The zero-order chi connectivity index (χ0) is 14.8. The molecule has 2 nitrogen and oxygen atoms in total. The van der Waals surface area contributed by atoms with Gasteiger partial charge in [0.1, 0.15) is 0 Å². The van der Waals surface area contributed by atoms with Gasteiger partial charge >= 0.3 is 0 Å². The first-order chi connectivity index (χ1) is 8.57. The minimum atomic E-state index is 0.127. The molecule has 0 atom stereocenters. The van der Waals surface area contributed by atoms with Crippen molar-refractivity contribution in [1.82, 2.24) is 0 Å². The van der Waals surface area contributed by atoms with Gasteiger partial charge in [-0.05, 0) is 47.9 Å². The molecule has 0 fully saturated rings. The van der Waals surface area contributed by atoms with Crippen LogP contribution in [-0.4, -0.2) is 13.1 Å². The van der Waals surface area contributed by atoms with Crippen molar-refractivity contribution >= 4 is 5.69 Å². The Balaban J connectivity index is 2.99. The molecule has 1 aromatic rings. The van der Waals surface area contributed by atoms with Crippen LogP contribution in [-0.2, 0) is 5.41 Å². The molecule has 0 saturated carbocycles. The molecule has 0 aliphatic heterocycles. The first-order valence-electron chi connectivity index (χ1n) is 7.12. The Morgan fingerprint density at radius 3 is 1.84 bits per heavy atom. The predicted octanol–water partition coefficient (Wildman–Crippen LogP) is 4.00. The van der Waals surface area contributed by atoms with E-state index in [9.17, 15) is 0 Å². The van der Waals surface area contributed by atoms with Crippen molar-refractivity contribution in [2.45, 2.75) is 53.9 Å². The average Bonchev–Trinajstić information content (AvgIpc) is 2.26. The summed E-state index contributed by atoms with van der Waals surface area (Å²) >= 11 is 0. The highest BCUT2D eigenvalue weighted by molar-refractivity contribution is 5.59. The van der Waals surface area contributed by atoms with E-state index in [1.54, 1.807) is 0 Å². The summed E-state index contributed by atoms with van der Waals surface area (Å²) in [7, 11) is 0. The summed E-state index contributed by atoms with van der Waals surface area (Å²) in [5, 5.41) is 3.57. The number of nitrogens with two attached hydrogens (primary N) is 1. The van der Waals surface area contributed by atoms with Crippen LogP contribution >= 0.6 is 0 Å². The Hall–Kier alpha value is -1.02. The molecule has 0 aliphatic carbocycles. The monoisotopic (exact) mass is 262 g/mol. The topological polar surface area (TPSA) is 38.0 Å². The smallest absolute Gasteiger partial charge is 0.0399 e. The average molecular weight is 262 g/mol. The van der Waals surface area contributed by atoms with Crippen LogP contribution in [0, 0.1) is 19.3 Å². The molecule has 0 saturated heterocycles. The molecule has 0 aromatic heterocycles. The normalized spacial score (nSPS) is 12.6. The molecule has 1 rings (SSSR count). The van der Waals surface area contributed by atoms with E-state index in [2.05, 4.69) is 65.9 Å². The number of hydrogen-bond acceptors (Lipinski definition) is 2. The lowest BCUT2D eigenvalue weighted by molar-refractivity contribution is 0.405. The molecule has 19 heavy (non-hydrogen) atoms. The van der Waals surface area contributed by atoms with Gasteiger partial charge in [-0.25, -0.2) is 0 Å². The molecule has 0 bridgehead atoms. The van der Waals surface area contributed by atoms with E-state index in [1.807, 2.05) is 0 Å². The largest absolute Gasteiger partial charge is 0.384 e. The van der Waals surface area contributed by atoms with Gasteiger partial charge in [0.05, 0.1) is 0 Å². The molecule has 108 valence electrons. The first kappa shape index (κ1) is 16.0. The van der Waals surface area contributed by atoms with Crippen LogP contribution in [0.25, 0.3) is 0 Å². The standard InChI is InChI=1S/C17H30N2/c1-12-8-14(16(3,4)5)9-13(2)15(12)19-11-17(6,7)10-18/h8-9,19H,10-11,18H2,1-7H3. The highest BCUT2D eigenvalue weighted by Crippen LogP contribution is 2.30. The second-order valence-electron chi connectivity index (χ2n) is 7.46. The molecule has 2 heteroatoms. The summed E-state index contributed by atoms with van der Waals surface area (Å²) in [5.41, 5.74) is 11.4. The summed E-state index contributed by atoms with van der Waals surface area (Å²) in [4.78, 5) is 0. The Morgan fingerprint density at radius 2 is 1.47 bits per heavy atom. The number of hydrogen-bond donors (Lipinski definition) is 2. The number of aryl methyl sites for hydroxylation is 2. The highest BCUT2D eigenvalue weighted by atomic mass is 14.9. The van der Waals surface area contributed by atoms with E-state index >= 15 is 0 Å². The quantitative estimate of drug-likeness (QED) is 0.861. The molecular formula is C17H30N2. The maximum atomic E-state index is 5.79. The number of anilines is 1. The van der Waals surface area contributed by atoms with Crippen LogP contribution in [0.5, 0.6) is 0 Å². The van der Waals surface area contributed by atoms with Crippen LogP contribution in [0.4, 0.5) is 5.69 Å². The third kappa shape index (κ3) is 4.24. The molecular weight excluding hydrogens is 232 g/mol. The van der Waals surface area contributed by atoms with Crippen LogP contribution in [0.3, 0.4) is 0 Å². The zero-order valence-electron chi connectivity index (χ0n) is 13.6. The summed E-state index contributed by atoms with van der Waals surface area (Å²) < 4.78 is 0. The molecule has 1 aromatic carbocycles. The molecule has 0 spiro atoms. The third-order valence-corrected chi connectivity index (χ3v) is 3.70. The van der Waals surface area contributed by atoms with E-state index in [-0.39, 0.29) is 10.8 Å². The number of rotatable bonds is 4. The summed E-state index contributed by atoms with van der Waals surface area (Å²) in [6.45, 7) is 17.1. The van der Waals surface area contributed by atoms with Gasteiger partial charge in [-0.15, -0.1) is 0 Å². The van der Waals surface area contributed by atoms with E-state index in [4.69, 9.17) is 5.73 Å². The molecule has 3 N–H and O–H groups in total. The maximum Gasteiger partial charge on any atom is 0.0399 e. The lowest BCUT2D eigenvalue weighted by Crippen LogP contribution is -2.31. The third-order valence-electron chi connectivity index (χ3n) is 3.70. The minimum Gasteiger partial charge on any atom is -0.384 e. The van der Waals surface area contributed by atoms with Crippen LogP contribution in [0.2, 0.25) is 0 Å². The molecule has 0 unspecified atom stereocenters. The molecule has 0 heterocycles. The second kappa shape index (κ2) is 5.54. The zero-order valence-corrected chi connectivity index (χ0v) is 13.6. The summed E-state index contributed by atoms with van der Waals surface area (Å²) in [6.07, 6.45) is 0. The summed E-state index contributed by atoms with van der Waals surface area (Å²) in [5.74, 6) is 0. The lowest BCUT2D eigenvalue weighted by Gasteiger charge is -2.26. The van der Waals surface area contributed by atoms with Gasteiger partial charge in [-0.1, -0.05) is 46.8 Å². The first-order valence-corrected chi connectivity index (χ1v) is 7.12.